The Morgan fingerprint density at radius 3 is 2.67 bits per heavy atom. The summed E-state index contributed by atoms with van der Waals surface area (Å²) in [5.41, 5.74) is 3.04. The molecule has 1 aliphatic carbocycles. The smallest absolute Gasteiger partial charge is 0.00685 e. The quantitative estimate of drug-likeness (QED) is 0.793. The van der Waals surface area contributed by atoms with Crippen LogP contribution in [0.15, 0.2) is 24.3 Å². The third kappa shape index (κ3) is 2.82. The monoisotopic (exact) mass is 203 g/mol. The summed E-state index contributed by atoms with van der Waals surface area (Å²) in [5, 5.41) is 3.61. The molecule has 15 heavy (non-hydrogen) atoms. The molecule has 0 unspecified atom stereocenters. The molecule has 0 bridgehead atoms. The number of rotatable bonds is 4. The first-order valence-corrected chi connectivity index (χ1v) is 5.88. The predicted octanol–water partition coefficient (Wildman–Crippen LogP) is 3.02. The topological polar surface area (TPSA) is 12.0 Å². The first kappa shape index (κ1) is 10.7. The van der Waals surface area contributed by atoms with Gasteiger partial charge in [0.25, 0.3) is 0 Å². The molecule has 0 spiro atoms. The van der Waals surface area contributed by atoms with E-state index >= 15 is 0 Å². The molecule has 1 aromatic carbocycles. The van der Waals surface area contributed by atoms with Crippen molar-refractivity contribution in [3.05, 3.63) is 35.4 Å². The van der Waals surface area contributed by atoms with Crippen LogP contribution in [0.4, 0.5) is 0 Å². The second-order valence-electron chi connectivity index (χ2n) is 5.41. The van der Waals surface area contributed by atoms with E-state index in [1.807, 2.05) is 0 Å². The minimum Gasteiger partial charge on any atom is -0.313 e. The Balaban J connectivity index is 2.05. The van der Waals surface area contributed by atoms with Crippen LogP contribution in [0.3, 0.4) is 0 Å². The first-order valence-electron chi connectivity index (χ1n) is 5.88. The lowest BCUT2D eigenvalue weighted by atomic mass is 9.84. The molecule has 1 heteroatoms. The van der Waals surface area contributed by atoms with E-state index in [4.69, 9.17) is 0 Å². The summed E-state index contributed by atoms with van der Waals surface area (Å²) in [7, 11) is 0. The van der Waals surface area contributed by atoms with E-state index in [-0.39, 0.29) is 5.41 Å². The van der Waals surface area contributed by atoms with Crippen LogP contribution in [0.2, 0.25) is 0 Å². The summed E-state index contributed by atoms with van der Waals surface area (Å²) < 4.78 is 0. The number of hydrogen-bond acceptors (Lipinski definition) is 1. The molecule has 0 heterocycles. The van der Waals surface area contributed by atoms with Gasteiger partial charge < -0.3 is 5.32 Å². The predicted molar refractivity (Wildman–Crippen MR) is 65.2 cm³/mol. The Labute approximate surface area is 92.9 Å². The number of hydrogen-bond donors (Lipinski definition) is 1. The first-order chi connectivity index (χ1) is 7.08. The fourth-order valence-corrected chi connectivity index (χ4v) is 1.86. The van der Waals surface area contributed by atoms with Gasteiger partial charge in [-0.1, -0.05) is 43.7 Å². The van der Waals surface area contributed by atoms with E-state index in [9.17, 15) is 0 Å². The van der Waals surface area contributed by atoms with Crippen LogP contribution >= 0.6 is 0 Å². The van der Waals surface area contributed by atoms with Crippen molar-refractivity contribution in [2.24, 2.45) is 0 Å². The van der Waals surface area contributed by atoms with Crippen molar-refractivity contribution in [3.63, 3.8) is 0 Å². The highest BCUT2D eigenvalue weighted by atomic mass is 15.0. The largest absolute Gasteiger partial charge is 0.313 e. The van der Waals surface area contributed by atoms with Gasteiger partial charge in [0.1, 0.15) is 0 Å². The van der Waals surface area contributed by atoms with Gasteiger partial charge in [-0.15, -0.1) is 0 Å². The fourth-order valence-electron chi connectivity index (χ4n) is 1.86. The molecule has 0 amide bonds. The van der Waals surface area contributed by atoms with Crippen LogP contribution in [0, 0.1) is 6.92 Å². The standard InChI is InChI=1S/C14H21N/c1-11-5-4-6-12(9-11)14(2,3)10-15-13-7-8-13/h4-6,9,13,15H,7-8,10H2,1-3H3. The van der Waals surface area contributed by atoms with Gasteiger partial charge in [0.15, 0.2) is 0 Å². The van der Waals surface area contributed by atoms with Crippen LogP contribution in [0.1, 0.15) is 37.8 Å². The summed E-state index contributed by atoms with van der Waals surface area (Å²) in [6.45, 7) is 7.88. The average Bonchev–Trinajstić information content (AvgIpc) is 2.98. The molecule has 1 N–H and O–H groups in total. The molecule has 0 saturated heterocycles. The van der Waals surface area contributed by atoms with Gasteiger partial charge in [0, 0.05) is 18.0 Å². The molecule has 2 rings (SSSR count). The number of aryl methyl sites for hydroxylation is 1. The minimum absolute atomic E-state index is 0.245. The molecule has 82 valence electrons. The molecule has 1 saturated carbocycles. The number of nitrogens with one attached hydrogen (secondary N) is 1. The Morgan fingerprint density at radius 2 is 2.07 bits per heavy atom. The van der Waals surface area contributed by atoms with Gasteiger partial charge in [-0.3, -0.25) is 0 Å². The van der Waals surface area contributed by atoms with Crippen LogP contribution in [-0.4, -0.2) is 12.6 Å². The SMILES string of the molecule is Cc1cccc(C(C)(C)CNC2CC2)c1. The summed E-state index contributed by atoms with van der Waals surface area (Å²) >= 11 is 0. The van der Waals surface area contributed by atoms with Gasteiger partial charge in [0.05, 0.1) is 0 Å². The second-order valence-corrected chi connectivity index (χ2v) is 5.41. The third-order valence-electron chi connectivity index (χ3n) is 3.21. The molecule has 0 aliphatic heterocycles. The normalized spacial score (nSPS) is 16.7. The molecule has 0 aromatic heterocycles. The van der Waals surface area contributed by atoms with Gasteiger partial charge >= 0.3 is 0 Å². The fraction of sp³-hybridized carbons (Fsp3) is 0.571. The molecule has 0 atom stereocenters. The van der Waals surface area contributed by atoms with E-state index in [1.54, 1.807) is 0 Å². The Kier molecular flexibility index (Phi) is 2.83. The Bertz CT molecular complexity index is 337. The lowest BCUT2D eigenvalue weighted by Crippen LogP contribution is -2.34. The highest BCUT2D eigenvalue weighted by molar-refractivity contribution is 5.28. The van der Waals surface area contributed by atoms with E-state index in [0.717, 1.165) is 12.6 Å². The summed E-state index contributed by atoms with van der Waals surface area (Å²) in [4.78, 5) is 0. The molecule has 1 aromatic rings. The van der Waals surface area contributed by atoms with Crippen molar-refractivity contribution in [2.75, 3.05) is 6.54 Å². The number of benzene rings is 1. The maximum atomic E-state index is 3.61. The molecule has 1 nitrogen and oxygen atoms in total. The van der Waals surface area contributed by atoms with Crippen molar-refractivity contribution >= 4 is 0 Å². The van der Waals surface area contributed by atoms with Crippen molar-refractivity contribution < 1.29 is 0 Å². The van der Waals surface area contributed by atoms with E-state index in [0.29, 0.717) is 0 Å². The van der Waals surface area contributed by atoms with Crippen molar-refractivity contribution in [3.8, 4) is 0 Å². The molecule has 1 aliphatic rings. The highest BCUT2D eigenvalue weighted by Crippen LogP contribution is 2.25. The zero-order valence-electron chi connectivity index (χ0n) is 10.0. The van der Waals surface area contributed by atoms with Gasteiger partial charge in [-0.25, -0.2) is 0 Å². The average molecular weight is 203 g/mol. The lowest BCUT2D eigenvalue weighted by molar-refractivity contribution is 0.467. The maximum Gasteiger partial charge on any atom is 0.00685 e. The Hall–Kier alpha value is -0.820. The highest BCUT2D eigenvalue weighted by Gasteiger charge is 2.26. The summed E-state index contributed by atoms with van der Waals surface area (Å²) in [6.07, 6.45) is 2.73. The van der Waals surface area contributed by atoms with Gasteiger partial charge in [0.2, 0.25) is 0 Å². The molecular formula is C14H21N. The minimum atomic E-state index is 0.245. The van der Waals surface area contributed by atoms with E-state index < -0.39 is 0 Å². The summed E-state index contributed by atoms with van der Waals surface area (Å²) in [6, 6.07) is 9.65. The summed E-state index contributed by atoms with van der Waals surface area (Å²) in [5.74, 6) is 0. The Morgan fingerprint density at radius 1 is 1.33 bits per heavy atom. The zero-order valence-corrected chi connectivity index (χ0v) is 10.0. The van der Waals surface area contributed by atoms with Crippen molar-refractivity contribution in [1.29, 1.82) is 0 Å². The second kappa shape index (κ2) is 3.97. The molecular weight excluding hydrogens is 182 g/mol. The van der Waals surface area contributed by atoms with Crippen LogP contribution in [0.25, 0.3) is 0 Å². The van der Waals surface area contributed by atoms with Crippen LogP contribution in [0.5, 0.6) is 0 Å². The van der Waals surface area contributed by atoms with Crippen molar-refractivity contribution in [1.82, 2.24) is 5.32 Å². The van der Waals surface area contributed by atoms with E-state index in [1.165, 1.54) is 24.0 Å². The van der Waals surface area contributed by atoms with Crippen LogP contribution < -0.4 is 5.32 Å². The molecule has 1 fully saturated rings. The van der Waals surface area contributed by atoms with Crippen molar-refractivity contribution in [2.45, 2.75) is 45.1 Å². The zero-order chi connectivity index (χ0) is 10.9. The van der Waals surface area contributed by atoms with Gasteiger partial charge in [-0.2, -0.15) is 0 Å². The van der Waals surface area contributed by atoms with E-state index in [2.05, 4.69) is 50.4 Å². The van der Waals surface area contributed by atoms with Gasteiger partial charge in [-0.05, 0) is 25.3 Å². The van der Waals surface area contributed by atoms with Crippen LogP contribution in [-0.2, 0) is 5.41 Å². The third-order valence-corrected chi connectivity index (χ3v) is 3.21. The molecule has 0 radical (unpaired) electrons. The lowest BCUT2D eigenvalue weighted by Gasteiger charge is -2.26. The maximum absolute atomic E-state index is 3.61.